The Balaban J connectivity index is 2.27. The van der Waals surface area contributed by atoms with Crippen molar-refractivity contribution in [1.82, 2.24) is 10.4 Å². The third-order valence-corrected chi connectivity index (χ3v) is 4.46. The Morgan fingerprint density at radius 1 is 1.19 bits per heavy atom. The van der Waals surface area contributed by atoms with E-state index in [4.69, 9.17) is 5.84 Å². The van der Waals surface area contributed by atoms with E-state index in [-0.39, 0.29) is 10.6 Å². The predicted octanol–water partition coefficient (Wildman–Crippen LogP) is 1.04. The largest absolute Gasteiger partial charge is 0.356 e. The summed E-state index contributed by atoms with van der Waals surface area (Å²) in [6.07, 6.45) is 1.23. The molecule has 0 aliphatic carbocycles. The van der Waals surface area contributed by atoms with E-state index in [1.807, 2.05) is 25.3 Å². The second-order valence-electron chi connectivity index (χ2n) is 4.63. The van der Waals surface area contributed by atoms with Crippen LogP contribution >= 0.6 is 0 Å². The van der Waals surface area contributed by atoms with Gasteiger partial charge < -0.3 is 4.98 Å². The topological polar surface area (TPSA) is 117 Å². The fourth-order valence-corrected chi connectivity index (χ4v) is 2.80. The number of amides is 1. The maximum Gasteiger partial charge on any atom is 0.281 e. The summed E-state index contributed by atoms with van der Waals surface area (Å²) in [6, 6.07) is 6.47. The molecule has 2 rings (SSSR count). The van der Waals surface area contributed by atoms with E-state index in [9.17, 15) is 13.2 Å². The number of sulfonamides is 1. The molecule has 21 heavy (non-hydrogen) atoms. The third-order valence-electron chi connectivity index (χ3n) is 3.10. The Labute approximate surface area is 122 Å². The van der Waals surface area contributed by atoms with Crippen LogP contribution in [0.1, 0.15) is 21.6 Å². The molecule has 0 saturated carbocycles. The number of nitrogen functional groups attached to an aromatic ring is 1. The van der Waals surface area contributed by atoms with Gasteiger partial charge >= 0.3 is 0 Å². The molecule has 0 aliphatic heterocycles. The van der Waals surface area contributed by atoms with Crippen LogP contribution in [-0.2, 0) is 10.0 Å². The predicted molar refractivity (Wildman–Crippen MR) is 79.2 cm³/mol. The number of hydrazine groups is 1. The first-order valence-electron chi connectivity index (χ1n) is 6.13. The molecule has 2 aromatic rings. The zero-order valence-corrected chi connectivity index (χ0v) is 12.4. The van der Waals surface area contributed by atoms with Crippen LogP contribution < -0.4 is 16.0 Å². The summed E-state index contributed by atoms with van der Waals surface area (Å²) in [5.41, 5.74) is 4.50. The first kappa shape index (κ1) is 15.1. The summed E-state index contributed by atoms with van der Waals surface area (Å²) >= 11 is 0. The lowest BCUT2D eigenvalue weighted by Crippen LogP contribution is -2.30. The van der Waals surface area contributed by atoms with Crippen molar-refractivity contribution in [3.63, 3.8) is 0 Å². The van der Waals surface area contributed by atoms with E-state index >= 15 is 0 Å². The van der Waals surface area contributed by atoms with Crippen molar-refractivity contribution in [2.45, 2.75) is 18.7 Å². The van der Waals surface area contributed by atoms with Gasteiger partial charge in [0.2, 0.25) is 0 Å². The van der Waals surface area contributed by atoms with E-state index in [0.717, 1.165) is 11.1 Å². The molecule has 1 aromatic carbocycles. The monoisotopic (exact) mass is 308 g/mol. The maximum absolute atomic E-state index is 12.2. The molecule has 0 bridgehead atoms. The molecular formula is C13H16N4O3S. The molecule has 7 nitrogen and oxygen atoms in total. The molecule has 1 heterocycles. The van der Waals surface area contributed by atoms with Crippen LogP contribution in [-0.4, -0.2) is 19.3 Å². The number of hydrogen-bond donors (Lipinski definition) is 4. The Bertz CT molecular complexity index is 780. The van der Waals surface area contributed by atoms with E-state index in [1.165, 1.54) is 12.3 Å². The zero-order chi connectivity index (χ0) is 15.6. The lowest BCUT2D eigenvalue weighted by atomic mass is 10.1. The number of carbonyl (C=O) groups excluding carboxylic acids is 1. The number of H-pyrrole nitrogens is 1. The average molecular weight is 308 g/mol. The Kier molecular flexibility index (Phi) is 4.01. The number of anilines is 1. The highest BCUT2D eigenvalue weighted by Gasteiger charge is 2.18. The highest BCUT2D eigenvalue weighted by atomic mass is 32.2. The molecule has 1 amide bonds. The van der Waals surface area contributed by atoms with Crippen molar-refractivity contribution in [3.05, 3.63) is 47.3 Å². The normalized spacial score (nSPS) is 11.2. The maximum atomic E-state index is 12.2. The van der Waals surface area contributed by atoms with E-state index in [0.29, 0.717) is 5.69 Å². The number of benzene rings is 1. The van der Waals surface area contributed by atoms with E-state index in [1.54, 1.807) is 12.1 Å². The highest BCUT2D eigenvalue weighted by molar-refractivity contribution is 7.92. The van der Waals surface area contributed by atoms with Crippen molar-refractivity contribution in [2.75, 3.05) is 4.72 Å². The highest BCUT2D eigenvalue weighted by Crippen LogP contribution is 2.19. The summed E-state index contributed by atoms with van der Waals surface area (Å²) in [5, 5.41) is 0. The molecule has 8 heteroatoms. The molecule has 1 aromatic heterocycles. The minimum atomic E-state index is -3.77. The third kappa shape index (κ3) is 3.23. The number of aryl methyl sites for hydroxylation is 2. The zero-order valence-electron chi connectivity index (χ0n) is 11.6. The lowest BCUT2D eigenvalue weighted by molar-refractivity contribution is 0.0949. The van der Waals surface area contributed by atoms with Crippen LogP contribution in [0.4, 0.5) is 5.69 Å². The summed E-state index contributed by atoms with van der Waals surface area (Å²) < 4.78 is 26.9. The lowest BCUT2D eigenvalue weighted by Gasteiger charge is -2.08. The molecule has 112 valence electrons. The van der Waals surface area contributed by atoms with Gasteiger partial charge in [-0.1, -0.05) is 6.07 Å². The molecule has 0 aliphatic rings. The van der Waals surface area contributed by atoms with Crippen molar-refractivity contribution in [2.24, 2.45) is 5.84 Å². The number of nitrogens with one attached hydrogen (secondary N) is 3. The molecule has 0 atom stereocenters. The number of carbonyl (C=O) groups is 1. The van der Waals surface area contributed by atoms with E-state index < -0.39 is 15.9 Å². The molecule has 0 fully saturated rings. The van der Waals surface area contributed by atoms with Crippen molar-refractivity contribution in [1.29, 1.82) is 0 Å². The number of aromatic nitrogens is 1. The van der Waals surface area contributed by atoms with Crippen molar-refractivity contribution < 1.29 is 13.2 Å². The molecule has 0 saturated heterocycles. The first-order valence-corrected chi connectivity index (χ1v) is 7.61. The first-order chi connectivity index (χ1) is 9.83. The summed E-state index contributed by atoms with van der Waals surface area (Å²) in [4.78, 5) is 13.8. The van der Waals surface area contributed by atoms with Gasteiger partial charge in [-0.15, -0.1) is 0 Å². The van der Waals surface area contributed by atoms with Gasteiger partial charge in [-0.25, -0.2) is 14.3 Å². The Morgan fingerprint density at radius 3 is 2.52 bits per heavy atom. The second-order valence-corrected chi connectivity index (χ2v) is 6.31. The van der Waals surface area contributed by atoms with Crippen LogP contribution in [0, 0.1) is 13.8 Å². The van der Waals surface area contributed by atoms with Gasteiger partial charge in [-0.2, -0.15) is 0 Å². The van der Waals surface area contributed by atoms with Gasteiger partial charge in [0.1, 0.15) is 10.6 Å². The smallest absolute Gasteiger partial charge is 0.281 e. The van der Waals surface area contributed by atoms with Gasteiger partial charge in [-0.3, -0.25) is 14.9 Å². The van der Waals surface area contributed by atoms with Crippen LogP contribution in [0.3, 0.4) is 0 Å². The van der Waals surface area contributed by atoms with Gasteiger partial charge in [0.05, 0.1) is 0 Å². The standard InChI is InChI=1S/C13H16N4O3S/c1-8-3-4-10(5-9(8)2)17-21(19,20)11-6-12(15-7-11)13(18)16-14/h3-7,15,17H,14H2,1-2H3,(H,16,18). The molecular weight excluding hydrogens is 292 g/mol. The molecule has 0 unspecified atom stereocenters. The second kappa shape index (κ2) is 5.58. The van der Waals surface area contributed by atoms with Crippen molar-refractivity contribution >= 4 is 21.6 Å². The van der Waals surface area contributed by atoms with Gasteiger partial charge in [-0.05, 0) is 43.2 Å². The Morgan fingerprint density at radius 2 is 1.90 bits per heavy atom. The van der Waals surface area contributed by atoms with Crippen LogP contribution in [0.15, 0.2) is 35.4 Å². The fraction of sp³-hybridized carbons (Fsp3) is 0.154. The van der Waals surface area contributed by atoms with Gasteiger partial charge in [0, 0.05) is 11.9 Å². The number of aromatic amines is 1. The number of rotatable bonds is 4. The number of nitrogens with two attached hydrogens (primary N) is 1. The summed E-state index contributed by atoms with van der Waals surface area (Å²) in [6.45, 7) is 3.84. The molecule has 5 N–H and O–H groups in total. The number of hydrogen-bond acceptors (Lipinski definition) is 4. The fourth-order valence-electron chi connectivity index (χ4n) is 1.76. The van der Waals surface area contributed by atoms with Gasteiger partial charge in [0.15, 0.2) is 0 Å². The average Bonchev–Trinajstić information content (AvgIpc) is 2.92. The molecule has 0 radical (unpaired) electrons. The quantitative estimate of drug-likeness (QED) is 0.383. The van der Waals surface area contributed by atoms with Gasteiger partial charge in [0.25, 0.3) is 15.9 Å². The minimum Gasteiger partial charge on any atom is -0.356 e. The van der Waals surface area contributed by atoms with Crippen LogP contribution in [0.25, 0.3) is 0 Å². The van der Waals surface area contributed by atoms with Crippen molar-refractivity contribution in [3.8, 4) is 0 Å². The Hall–Kier alpha value is -2.32. The van der Waals surface area contributed by atoms with E-state index in [2.05, 4.69) is 9.71 Å². The minimum absolute atomic E-state index is 0.0423. The molecule has 0 spiro atoms. The SMILES string of the molecule is Cc1ccc(NS(=O)(=O)c2c[nH]c(C(=O)NN)c2)cc1C. The van der Waals surface area contributed by atoms with Crippen LogP contribution in [0.2, 0.25) is 0 Å². The van der Waals surface area contributed by atoms with Crippen LogP contribution in [0.5, 0.6) is 0 Å². The summed E-state index contributed by atoms with van der Waals surface area (Å²) in [7, 11) is -3.77. The summed E-state index contributed by atoms with van der Waals surface area (Å²) in [5.74, 6) is 4.40.